The Hall–Kier alpha value is -4.07. The first-order valence-electron chi connectivity index (χ1n) is 10.1. The number of aryl methyl sites for hydroxylation is 1. The molecule has 2 aromatic carbocycles. The number of methoxy groups -OCH3 is 3. The van der Waals surface area contributed by atoms with Crippen LogP contribution in [-0.4, -0.2) is 40.8 Å². The second-order valence-electron chi connectivity index (χ2n) is 7.12. The predicted octanol–water partition coefficient (Wildman–Crippen LogP) is 4.18. The predicted molar refractivity (Wildman–Crippen MR) is 123 cm³/mol. The number of nitrogens with zero attached hydrogens (tertiary/aromatic N) is 4. The molecule has 0 aliphatic carbocycles. The Kier molecular flexibility index (Phi) is 6.21. The van der Waals surface area contributed by atoms with Crippen molar-refractivity contribution in [1.29, 1.82) is 0 Å². The molecule has 0 saturated carbocycles. The average molecular weight is 431 g/mol. The molecule has 0 aliphatic heterocycles. The fraction of sp³-hybridized carbons (Fsp3) is 0.208. The Bertz CT molecular complexity index is 1200. The van der Waals surface area contributed by atoms with Gasteiger partial charge in [-0.2, -0.15) is 0 Å². The van der Waals surface area contributed by atoms with Gasteiger partial charge in [0.15, 0.2) is 5.82 Å². The van der Waals surface area contributed by atoms with Gasteiger partial charge in [-0.05, 0) is 35.4 Å². The van der Waals surface area contributed by atoms with E-state index in [-0.39, 0.29) is 0 Å². The summed E-state index contributed by atoms with van der Waals surface area (Å²) in [5.41, 5.74) is 3.53. The van der Waals surface area contributed by atoms with E-state index >= 15 is 0 Å². The molecule has 2 heterocycles. The molecule has 2 aromatic heterocycles. The van der Waals surface area contributed by atoms with E-state index < -0.39 is 0 Å². The highest BCUT2D eigenvalue weighted by atomic mass is 16.5. The summed E-state index contributed by atoms with van der Waals surface area (Å²) in [4.78, 5) is 13.8. The van der Waals surface area contributed by atoms with Crippen LogP contribution in [0.15, 0.2) is 61.1 Å². The first-order chi connectivity index (χ1) is 15.6. The Labute approximate surface area is 186 Å². The van der Waals surface area contributed by atoms with Crippen molar-refractivity contribution in [2.45, 2.75) is 6.54 Å². The van der Waals surface area contributed by atoms with Crippen LogP contribution in [0, 0.1) is 0 Å². The fourth-order valence-corrected chi connectivity index (χ4v) is 3.38. The van der Waals surface area contributed by atoms with E-state index in [0.717, 1.165) is 45.5 Å². The van der Waals surface area contributed by atoms with Crippen molar-refractivity contribution >= 4 is 5.95 Å². The zero-order chi connectivity index (χ0) is 22.5. The van der Waals surface area contributed by atoms with Crippen LogP contribution in [0.4, 0.5) is 5.95 Å². The van der Waals surface area contributed by atoms with Gasteiger partial charge in [-0.25, -0.2) is 15.0 Å². The molecule has 0 bridgehead atoms. The van der Waals surface area contributed by atoms with Crippen molar-refractivity contribution in [2.24, 2.45) is 7.05 Å². The fourth-order valence-electron chi connectivity index (χ4n) is 3.38. The maximum absolute atomic E-state index is 5.39. The number of hydrogen-bond donors (Lipinski definition) is 1. The molecule has 0 unspecified atom stereocenters. The van der Waals surface area contributed by atoms with Gasteiger partial charge in [-0.1, -0.05) is 12.1 Å². The number of ether oxygens (including phenoxy) is 3. The zero-order valence-electron chi connectivity index (χ0n) is 18.5. The second kappa shape index (κ2) is 9.38. The molecule has 8 heteroatoms. The number of hydrogen-bond acceptors (Lipinski definition) is 7. The van der Waals surface area contributed by atoms with E-state index in [9.17, 15) is 0 Å². The topological polar surface area (TPSA) is 83.3 Å². The quantitative estimate of drug-likeness (QED) is 0.448. The summed E-state index contributed by atoms with van der Waals surface area (Å²) in [6.07, 6.45) is 5.45. The van der Waals surface area contributed by atoms with Gasteiger partial charge >= 0.3 is 0 Å². The van der Waals surface area contributed by atoms with Gasteiger partial charge in [0.2, 0.25) is 5.95 Å². The Morgan fingerprint density at radius 2 is 1.66 bits per heavy atom. The van der Waals surface area contributed by atoms with E-state index in [2.05, 4.69) is 15.3 Å². The lowest BCUT2D eigenvalue weighted by Gasteiger charge is -2.13. The van der Waals surface area contributed by atoms with E-state index in [1.807, 2.05) is 60.3 Å². The number of benzene rings is 2. The lowest BCUT2D eigenvalue weighted by atomic mass is 10.0. The number of rotatable bonds is 8. The summed E-state index contributed by atoms with van der Waals surface area (Å²) < 4.78 is 18.0. The molecule has 0 saturated heterocycles. The van der Waals surface area contributed by atoms with Crippen LogP contribution in [0.25, 0.3) is 22.6 Å². The SMILES string of the molecule is COc1cc(CNc2ncc(-c3cccc(OC)c3)c(-c3nccn3C)n2)cc(OC)c1. The van der Waals surface area contributed by atoms with E-state index in [4.69, 9.17) is 19.2 Å². The molecule has 4 aromatic rings. The summed E-state index contributed by atoms with van der Waals surface area (Å²) in [5.74, 6) is 3.46. The summed E-state index contributed by atoms with van der Waals surface area (Å²) >= 11 is 0. The number of aromatic nitrogens is 4. The number of anilines is 1. The molecule has 0 atom stereocenters. The molecule has 32 heavy (non-hydrogen) atoms. The highest BCUT2D eigenvalue weighted by Crippen LogP contribution is 2.32. The third-order valence-corrected chi connectivity index (χ3v) is 5.06. The number of nitrogens with one attached hydrogen (secondary N) is 1. The first kappa shape index (κ1) is 21.2. The first-order valence-corrected chi connectivity index (χ1v) is 10.1. The van der Waals surface area contributed by atoms with Crippen molar-refractivity contribution in [3.05, 3.63) is 66.6 Å². The van der Waals surface area contributed by atoms with Gasteiger partial charge < -0.3 is 24.1 Å². The lowest BCUT2D eigenvalue weighted by Crippen LogP contribution is -2.07. The largest absolute Gasteiger partial charge is 0.497 e. The highest BCUT2D eigenvalue weighted by Gasteiger charge is 2.16. The Balaban J connectivity index is 1.68. The minimum absolute atomic E-state index is 0.497. The molecular weight excluding hydrogens is 406 g/mol. The molecule has 4 rings (SSSR count). The zero-order valence-corrected chi connectivity index (χ0v) is 18.5. The summed E-state index contributed by atoms with van der Waals surface area (Å²) in [5, 5.41) is 3.29. The van der Waals surface area contributed by atoms with Gasteiger partial charge in [-0.3, -0.25) is 0 Å². The maximum atomic E-state index is 5.39. The monoisotopic (exact) mass is 431 g/mol. The molecule has 0 aliphatic rings. The second-order valence-corrected chi connectivity index (χ2v) is 7.12. The molecule has 0 amide bonds. The molecular formula is C24H25N5O3. The third kappa shape index (κ3) is 4.49. The van der Waals surface area contributed by atoms with Crippen molar-refractivity contribution < 1.29 is 14.2 Å². The maximum Gasteiger partial charge on any atom is 0.223 e. The molecule has 164 valence electrons. The highest BCUT2D eigenvalue weighted by molar-refractivity contribution is 5.78. The van der Waals surface area contributed by atoms with Crippen molar-refractivity contribution in [1.82, 2.24) is 19.5 Å². The molecule has 0 fully saturated rings. The van der Waals surface area contributed by atoms with E-state index in [1.54, 1.807) is 33.7 Å². The van der Waals surface area contributed by atoms with Crippen LogP contribution in [0.2, 0.25) is 0 Å². The summed E-state index contributed by atoms with van der Waals surface area (Å²) in [7, 11) is 6.85. The molecule has 0 radical (unpaired) electrons. The molecule has 1 N–H and O–H groups in total. The van der Waals surface area contributed by atoms with Crippen LogP contribution in [0.1, 0.15) is 5.56 Å². The van der Waals surface area contributed by atoms with Crippen LogP contribution in [0.5, 0.6) is 17.2 Å². The minimum Gasteiger partial charge on any atom is -0.497 e. The standard InChI is InChI=1S/C24H25N5O3/c1-29-9-8-25-23(29)22-21(17-6-5-7-18(12-17)30-2)15-27-24(28-22)26-14-16-10-19(31-3)13-20(11-16)32-4/h5-13,15H,14H2,1-4H3,(H,26,27,28). The van der Waals surface area contributed by atoms with Crippen LogP contribution < -0.4 is 19.5 Å². The van der Waals surface area contributed by atoms with Gasteiger partial charge in [0.1, 0.15) is 22.9 Å². The van der Waals surface area contributed by atoms with Gasteiger partial charge in [0.05, 0.1) is 21.3 Å². The van der Waals surface area contributed by atoms with Crippen molar-refractivity contribution in [2.75, 3.05) is 26.6 Å². The Morgan fingerprint density at radius 1 is 0.906 bits per heavy atom. The summed E-state index contributed by atoms with van der Waals surface area (Å²) in [6, 6.07) is 13.5. The van der Waals surface area contributed by atoms with E-state index in [1.165, 1.54) is 0 Å². The van der Waals surface area contributed by atoms with Gasteiger partial charge in [0, 0.05) is 43.8 Å². The Morgan fingerprint density at radius 3 is 2.31 bits per heavy atom. The van der Waals surface area contributed by atoms with Gasteiger partial charge in [-0.15, -0.1) is 0 Å². The molecule has 8 nitrogen and oxygen atoms in total. The number of imidazole rings is 1. The van der Waals surface area contributed by atoms with Crippen LogP contribution in [-0.2, 0) is 13.6 Å². The minimum atomic E-state index is 0.497. The third-order valence-electron chi connectivity index (χ3n) is 5.06. The summed E-state index contributed by atoms with van der Waals surface area (Å²) in [6.45, 7) is 0.506. The lowest BCUT2D eigenvalue weighted by molar-refractivity contribution is 0.393. The van der Waals surface area contributed by atoms with Gasteiger partial charge in [0.25, 0.3) is 0 Å². The van der Waals surface area contributed by atoms with Crippen LogP contribution in [0.3, 0.4) is 0 Å². The smallest absolute Gasteiger partial charge is 0.223 e. The molecule has 0 spiro atoms. The van der Waals surface area contributed by atoms with Crippen molar-refractivity contribution in [3.8, 4) is 39.9 Å². The van der Waals surface area contributed by atoms with Crippen LogP contribution >= 0.6 is 0 Å². The normalized spacial score (nSPS) is 10.6. The average Bonchev–Trinajstić information content (AvgIpc) is 3.27. The van der Waals surface area contributed by atoms with Crippen molar-refractivity contribution in [3.63, 3.8) is 0 Å². The van der Waals surface area contributed by atoms with E-state index in [0.29, 0.717) is 12.5 Å².